The summed E-state index contributed by atoms with van der Waals surface area (Å²) in [6, 6.07) is 5.03. The van der Waals surface area contributed by atoms with E-state index in [1.54, 1.807) is 0 Å². The van der Waals surface area contributed by atoms with Gasteiger partial charge in [0.1, 0.15) is 5.15 Å². The molecule has 15 heavy (non-hydrogen) atoms. The number of nitrogens with zero attached hydrogens (tertiary/aromatic N) is 2. The van der Waals surface area contributed by atoms with Gasteiger partial charge in [-0.1, -0.05) is 17.7 Å². The van der Waals surface area contributed by atoms with Crippen LogP contribution in [0.4, 0.5) is 0 Å². The van der Waals surface area contributed by atoms with Crippen molar-refractivity contribution in [2.75, 3.05) is 0 Å². The summed E-state index contributed by atoms with van der Waals surface area (Å²) in [5.41, 5.74) is 1.28. The van der Waals surface area contributed by atoms with Crippen LogP contribution in [-0.2, 0) is 0 Å². The SMILES string of the molecule is NN1C2CCC1[C@@H](c1ccc(Cl)nc1)C2. The molecule has 1 aromatic rings. The highest BCUT2D eigenvalue weighted by atomic mass is 35.5. The summed E-state index contributed by atoms with van der Waals surface area (Å²) in [6.45, 7) is 0. The zero-order valence-electron chi connectivity index (χ0n) is 8.44. The predicted octanol–water partition coefficient (Wildman–Crippen LogP) is 1.93. The fourth-order valence-electron chi connectivity index (χ4n) is 3.00. The molecule has 2 saturated heterocycles. The van der Waals surface area contributed by atoms with Crippen molar-refractivity contribution in [3.8, 4) is 0 Å². The first-order valence-corrected chi connectivity index (χ1v) is 5.78. The molecule has 2 unspecified atom stereocenters. The molecule has 2 N–H and O–H groups in total. The van der Waals surface area contributed by atoms with Crippen molar-refractivity contribution in [2.45, 2.75) is 37.3 Å². The molecule has 0 amide bonds. The van der Waals surface area contributed by atoms with Crippen LogP contribution in [0.25, 0.3) is 0 Å². The van der Waals surface area contributed by atoms with Gasteiger partial charge in [0.05, 0.1) is 0 Å². The van der Waals surface area contributed by atoms with E-state index in [-0.39, 0.29) is 0 Å². The lowest BCUT2D eigenvalue weighted by Crippen LogP contribution is -2.36. The summed E-state index contributed by atoms with van der Waals surface area (Å²) in [7, 11) is 0. The highest BCUT2D eigenvalue weighted by molar-refractivity contribution is 6.29. The zero-order chi connectivity index (χ0) is 10.4. The third-order valence-electron chi connectivity index (χ3n) is 3.77. The first-order valence-electron chi connectivity index (χ1n) is 5.40. The smallest absolute Gasteiger partial charge is 0.129 e. The molecular weight excluding hydrogens is 210 g/mol. The number of aromatic nitrogens is 1. The van der Waals surface area contributed by atoms with Gasteiger partial charge in [0.25, 0.3) is 0 Å². The molecule has 80 valence electrons. The monoisotopic (exact) mass is 223 g/mol. The number of pyridine rings is 1. The molecule has 3 rings (SSSR count). The number of hydrazine groups is 1. The number of nitrogens with two attached hydrogens (primary N) is 1. The maximum atomic E-state index is 6.03. The van der Waals surface area contributed by atoms with Crippen molar-refractivity contribution in [2.24, 2.45) is 5.84 Å². The van der Waals surface area contributed by atoms with Crippen molar-refractivity contribution >= 4 is 11.6 Å². The van der Waals surface area contributed by atoms with Crippen molar-refractivity contribution in [1.29, 1.82) is 0 Å². The topological polar surface area (TPSA) is 42.1 Å². The molecule has 2 aliphatic heterocycles. The van der Waals surface area contributed by atoms with Gasteiger partial charge in [-0.25, -0.2) is 9.99 Å². The molecule has 0 aliphatic carbocycles. The van der Waals surface area contributed by atoms with Gasteiger partial charge >= 0.3 is 0 Å². The van der Waals surface area contributed by atoms with Gasteiger partial charge in [-0.05, 0) is 30.9 Å². The van der Waals surface area contributed by atoms with E-state index in [1.807, 2.05) is 17.3 Å². The highest BCUT2D eigenvalue weighted by Crippen LogP contribution is 2.44. The number of hydrogen-bond acceptors (Lipinski definition) is 3. The normalized spacial score (nSPS) is 34.9. The van der Waals surface area contributed by atoms with Crippen molar-refractivity contribution in [1.82, 2.24) is 9.99 Å². The van der Waals surface area contributed by atoms with Crippen molar-refractivity contribution < 1.29 is 0 Å². The standard InChI is InChI=1S/C11H14ClN3/c12-11-4-1-7(6-14-11)9-5-8-2-3-10(9)15(8)13/h1,4,6,8-10H,2-3,5,13H2/t8?,9-,10?/m1/s1. The van der Waals surface area contributed by atoms with Crippen LogP contribution in [0, 0.1) is 0 Å². The van der Waals surface area contributed by atoms with Crippen LogP contribution >= 0.6 is 11.6 Å². The Kier molecular flexibility index (Phi) is 2.20. The van der Waals surface area contributed by atoms with Gasteiger partial charge in [0.15, 0.2) is 0 Å². The van der Waals surface area contributed by atoms with E-state index < -0.39 is 0 Å². The maximum absolute atomic E-state index is 6.03. The summed E-state index contributed by atoms with van der Waals surface area (Å²) < 4.78 is 0. The van der Waals surface area contributed by atoms with Crippen molar-refractivity contribution in [3.63, 3.8) is 0 Å². The van der Waals surface area contributed by atoms with Crippen LogP contribution in [-0.4, -0.2) is 22.1 Å². The summed E-state index contributed by atoms with van der Waals surface area (Å²) in [4.78, 5) is 4.14. The Morgan fingerprint density at radius 3 is 2.80 bits per heavy atom. The third kappa shape index (κ3) is 1.46. The molecule has 2 aliphatic rings. The summed E-state index contributed by atoms with van der Waals surface area (Å²) in [6.07, 6.45) is 5.53. The molecule has 4 heteroatoms. The van der Waals surface area contributed by atoms with Crippen LogP contribution in [0.15, 0.2) is 18.3 Å². The van der Waals surface area contributed by atoms with Crippen LogP contribution in [0.2, 0.25) is 5.15 Å². The Balaban J connectivity index is 1.87. The molecule has 3 nitrogen and oxygen atoms in total. The molecule has 0 spiro atoms. The summed E-state index contributed by atoms with van der Waals surface area (Å²) in [5.74, 6) is 6.58. The van der Waals surface area contributed by atoms with Gasteiger partial charge in [-0.3, -0.25) is 5.84 Å². The molecule has 2 fully saturated rings. The van der Waals surface area contributed by atoms with Gasteiger partial charge in [-0.15, -0.1) is 0 Å². The molecule has 3 heterocycles. The number of hydrogen-bond donors (Lipinski definition) is 1. The minimum absolute atomic E-state index is 0.512. The summed E-state index contributed by atoms with van der Waals surface area (Å²) in [5, 5.41) is 2.60. The van der Waals surface area contributed by atoms with Gasteiger partial charge in [-0.2, -0.15) is 0 Å². The molecular formula is C11H14ClN3. The summed E-state index contributed by atoms with van der Waals surface area (Å²) >= 11 is 5.78. The van der Waals surface area contributed by atoms with E-state index in [0.29, 0.717) is 23.2 Å². The Labute approximate surface area is 94.2 Å². The molecule has 0 saturated carbocycles. The largest absolute Gasteiger partial charge is 0.268 e. The van der Waals surface area contributed by atoms with Gasteiger partial charge in [0, 0.05) is 24.2 Å². The molecule has 3 atom stereocenters. The van der Waals surface area contributed by atoms with Gasteiger partial charge in [0.2, 0.25) is 0 Å². The van der Waals surface area contributed by atoms with Crippen LogP contribution in [0.3, 0.4) is 0 Å². The Bertz CT molecular complexity index is 365. The Morgan fingerprint density at radius 1 is 1.40 bits per heavy atom. The lowest BCUT2D eigenvalue weighted by molar-refractivity contribution is 0.256. The van der Waals surface area contributed by atoms with Gasteiger partial charge < -0.3 is 0 Å². The van der Waals surface area contributed by atoms with E-state index in [2.05, 4.69) is 11.1 Å². The van der Waals surface area contributed by atoms with E-state index in [4.69, 9.17) is 17.4 Å². The maximum Gasteiger partial charge on any atom is 0.129 e. The van der Waals surface area contributed by atoms with E-state index in [0.717, 1.165) is 0 Å². The molecule has 2 bridgehead atoms. The average molecular weight is 224 g/mol. The fourth-order valence-corrected chi connectivity index (χ4v) is 3.11. The zero-order valence-corrected chi connectivity index (χ0v) is 9.19. The third-order valence-corrected chi connectivity index (χ3v) is 3.99. The fraction of sp³-hybridized carbons (Fsp3) is 0.545. The molecule has 1 aromatic heterocycles. The predicted molar refractivity (Wildman–Crippen MR) is 59.4 cm³/mol. The number of halogens is 1. The number of fused-ring (bicyclic) bond motifs is 2. The quantitative estimate of drug-likeness (QED) is 0.585. The van der Waals surface area contributed by atoms with Crippen molar-refractivity contribution in [3.05, 3.63) is 29.0 Å². The van der Waals surface area contributed by atoms with Crippen LogP contribution in [0.1, 0.15) is 30.7 Å². The molecule has 0 aromatic carbocycles. The second-order valence-corrected chi connectivity index (χ2v) is 4.89. The highest BCUT2D eigenvalue weighted by Gasteiger charge is 2.45. The Hall–Kier alpha value is -0.640. The second kappa shape index (κ2) is 3.44. The van der Waals surface area contributed by atoms with Crippen LogP contribution < -0.4 is 5.84 Å². The van der Waals surface area contributed by atoms with E-state index in [1.165, 1.54) is 24.8 Å². The Morgan fingerprint density at radius 2 is 2.27 bits per heavy atom. The second-order valence-electron chi connectivity index (χ2n) is 4.50. The first kappa shape index (κ1) is 9.58. The first-order chi connectivity index (χ1) is 7.25. The lowest BCUT2D eigenvalue weighted by Gasteiger charge is -2.21. The van der Waals surface area contributed by atoms with E-state index in [9.17, 15) is 0 Å². The van der Waals surface area contributed by atoms with E-state index >= 15 is 0 Å². The van der Waals surface area contributed by atoms with Crippen LogP contribution in [0.5, 0.6) is 0 Å². The minimum Gasteiger partial charge on any atom is -0.268 e. The average Bonchev–Trinajstić information content (AvgIpc) is 2.75. The number of rotatable bonds is 1. The minimum atomic E-state index is 0.512. The lowest BCUT2D eigenvalue weighted by atomic mass is 9.85. The molecule has 0 radical (unpaired) electrons.